The second-order valence-corrected chi connectivity index (χ2v) is 12.6. The van der Waals surface area contributed by atoms with E-state index in [1.807, 2.05) is 0 Å². The first-order valence-corrected chi connectivity index (χ1v) is 12.7. The van der Waals surface area contributed by atoms with Crippen molar-refractivity contribution >= 4 is 11.0 Å². The molecular weight excluding hydrogens is 412 g/mol. The van der Waals surface area contributed by atoms with Gasteiger partial charge in [-0.15, -0.1) is 0 Å². The van der Waals surface area contributed by atoms with Gasteiger partial charge in [-0.25, -0.2) is 0 Å². The van der Waals surface area contributed by atoms with Crippen molar-refractivity contribution in [1.82, 2.24) is 4.57 Å². The molecule has 0 N–H and O–H groups in total. The van der Waals surface area contributed by atoms with Crippen molar-refractivity contribution in [1.29, 1.82) is 0 Å². The second-order valence-electron chi connectivity index (χ2n) is 12.6. The zero-order chi connectivity index (χ0) is 24.2. The molecule has 2 aliphatic rings. The van der Waals surface area contributed by atoms with Crippen molar-refractivity contribution in [2.45, 2.75) is 84.5 Å². The predicted molar refractivity (Wildman–Crippen MR) is 141 cm³/mol. The first kappa shape index (κ1) is 21.6. The van der Waals surface area contributed by atoms with Crippen LogP contribution in [0.3, 0.4) is 0 Å². The van der Waals surface area contributed by atoms with Gasteiger partial charge in [0.05, 0.1) is 22.4 Å². The molecule has 0 bridgehead atoms. The largest absolute Gasteiger partial charge is 0.292 e. The van der Waals surface area contributed by atoms with Crippen molar-refractivity contribution in [2.24, 2.45) is 0 Å². The molecule has 2 heterocycles. The molecular formula is C32H36N2. The maximum absolute atomic E-state index is 3.78. The standard InChI is InChI=1S/C32H36N2/c1-20-16-21(2)18-22(17-20)33-19-34-25-13-12-23-27(31(5,6)15-14-30(23,3)4)28(25)32(7,8)24-10-9-11-26(33)29(24)34/h9-13,16-18H,14-15H2,1-8H3. The Hall–Kier alpha value is -2.87. The summed E-state index contributed by atoms with van der Waals surface area (Å²) in [7, 11) is 0. The molecule has 0 spiro atoms. The molecule has 0 saturated heterocycles. The van der Waals surface area contributed by atoms with E-state index in [4.69, 9.17) is 0 Å². The Kier molecular flexibility index (Phi) is 4.22. The molecule has 0 atom stereocenters. The lowest BCUT2D eigenvalue weighted by atomic mass is 9.58. The van der Waals surface area contributed by atoms with Gasteiger partial charge in [0.1, 0.15) is 0 Å². The van der Waals surface area contributed by atoms with Crippen LogP contribution in [0.2, 0.25) is 0 Å². The van der Waals surface area contributed by atoms with Crippen molar-refractivity contribution in [3.05, 3.63) is 88.2 Å². The van der Waals surface area contributed by atoms with Crippen LogP contribution in [0.15, 0.2) is 48.5 Å². The third kappa shape index (κ3) is 2.78. The van der Waals surface area contributed by atoms with Crippen molar-refractivity contribution < 1.29 is 4.57 Å². The van der Waals surface area contributed by atoms with Crippen LogP contribution in [0.4, 0.5) is 0 Å². The summed E-state index contributed by atoms with van der Waals surface area (Å²) in [6.07, 6.45) is 6.23. The number of hydrogen-bond donors (Lipinski definition) is 0. The van der Waals surface area contributed by atoms with Gasteiger partial charge in [0.15, 0.2) is 0 Å². The van der Waals surface area contributed by atoms with Gasteiger partial charge in [0.25, 0.3) is 6.33 Å². The fourth-order valence-electron chi connectivity index (χ4n) is 6.80. The van der Waals surface area contributed by atoms with Crippen LogP contribution < -0.4 is 4.57 Å². The number of rotatable bonds is 1. The summed E-state index contributed by atoms with van der Waals surface area (Å²) in [6, 6.07) is 18.4. The molecule has 1 aliphatic carbocycles. The summed E-state index contributed by atoms with van der Waals surface area (Å²) in [6.45, 7) is 18.9. The summed E-state index contributed by atoms with van der Waals surface area (Å²) in [5.41, 5.74) is 13.8. The van der Waals surface area contributed by atoms with E-state index in [-0.39, 0.29) is 16.2 Å². The van der Waals surface area contributed by atoms with E-state index in [0.717, 1.165) is 0 Å². The Bertz CT molecular complexity index is 1470. The van der Waals surface area contributed by atoms with Crippen LogP contribution in [0.25, 0.3) is 22.4 Å². The molecule has 174 valence electrons. The number of imidazole rings is 1. The van der Waals surface area contributed by atoms with E-state index in [0.29, 0.717) is 0 Å². The van der Waals surface area contributed by atoms with Crippen LogP contribution in [-0.2, 0) is 16.2 Å². The predicted octanol–water partition coefficient (Wildman–Crippen LogP) is 7.31. The second kappa shape index (κ2) is 6.62. The van der Waals surface area contributed by atoms with Crippen LogP contribution in [0.1, 0.15) is 87.8 Å². The highest BCUT2D eigenvalue weighted by Crippen LogP contribution is 2.53. The van der Waals surface area contributed by atoms with E-state index in [2.05, 4.69) is 119 Å². The SMILES string of the molecule is Cc1cc(C)cc(-n2[c-][n+]3c4c(cccc42)C(C)(C)c2c-3ccc3c2C(C)(C)CCC3(C)C)c1. The van der Waals surface area contributed by atoms with Gasteiger partial charge in [-0.1, -0.05) is 83.0 Å². The van der Waals surface area contributed by atoms with E-state index >= 15 is 0 Å². The van der Waals surface area contributed by atoms with Crippen LogP contribution in [0.5, 0.6) is 0 Å². The lowest BCUT2D eigenvalue weighted by molar-refractivity contribution is -0.575. The Labute approximate surface area is 204 Å². The number of benzene rings is 3. The van der Waals surface area contributed by atoms with Gasteiger partial charge >= 0.3 is 0 Å². The van der Waals surface area contributed by atoms with Gasteiger partial charge < -0.3 is 0 Å². The highest BCUT2D eigenvalue weighted by atomic mass is 15.1. The average Bonchev–Trinajstić information content (AvgIpc) is 3.15. The maximum Gasteiger partial charge on any atom is 0.269 e. The summed E-state index contributed by atoms with van der Waals surface area (Å²) in [5.74, 6) is 0. The number of aryl methyl sites for hydroxylation is 2. The van der Waals surface area contributed by atoms with E-state index in [9.17, 15) is 0 Å². The fourth-order valence-corrected chi connectivity index (χ4v) is 6.80. The number of hydrogen-bond acceptors (Lipinski definition) is 0. The van der Waals surface area contributed by atoms with Crippen LogP contribution in [0, 0.1) is 20.2 Å². The minimum Gasteiger partial charge on any atom is -0.292 e. The molecule has 0 fully saturated rings. The van der Waals surface area contributed by atoms with Gasteiger partial charge in [-0.05, 0) is 78.0 Å². The molecule has 6 rings (SSSR count). The smallest absolute Gasteiger partial charge is 0.269 e. The highest BCUT2D eigenvalue weighted by molar-refractivity contribution is 5.82. The zero-order valence-corrected chi connectivity index (χ0v) is 21.9. The molecule has 0 radical (unpaired) electrons. The van der Waals surface area contributed by atoms with E-state index in [1.165, 1.54) is 63.1 Å². The molecule has 1 aromatic heterocycles. The number of aromatic nitrogens is 2. The van der Waals surface area contributed by atoms with Crippen molar-refractivity contribution in [3.63, 3.8) is 0 Å². The zero-order valence-electron chi connectivity index (χ0n) is 21.9. The minimum atomic E-state index is -0.0899. The molecule has 34 heavy (non-hydrogen) atoms. The van der Waals surface area contributed by atoms with Crippen LogP contribution in [-0.4, -0.2) is 4.57 Å². The first-order valence-electron chi connectivity index (χ1n) is 12.7. The number of para-hydroxylation sites is 1. The van der Waals surface area contributed by atoms with Gasteiger partial charge in [-0.2, -0.15) is 0 Å². The van der Waals surface area contributed by atoms with Crippen molar-refractivity contribution in [2.75, 3.05) is 0 Å². The lowest BCUT2D eigenvalue weighted by Gasteiger charge is -2.47. The maximum atomic E-state index is 3.78. The van der Waals surface area contributed by atoms with E-state index in [1.54, 1.807) is 5.56 Å². The van der Waals surface area contributed by atoms with Gasteiger partial charge in [0.2, 0.25) is 0 Å². The molecule has 1 aliphatic heterocycles. The quantitative estimate of drug-likeness (QED) is 0.213. The summed E-state index contributed by atoms with van der Waals surface area (Å²) in [5, 5.41) is 0. The Balaban J connectivity index is 1.74. The van der Waals surface area contributed by atoms with Crippen molar-refractivity contribution in [3.8, 4) is 11.4 Å². The lowest BCUT2D eigenvalue weighted by Crippen LogP contribution is -2.45. The summed E-state index contributed by atoms with van der Waals surface area (Å²) >= 11 is 0. The number of nitrogens with zero attached hydrogens (tertiary/aromatic N) is 2. The molecule has 0 saturated carbocycles. The van der Waals surface area contributed by atoms with E-state index < -0.39 is 0 Å². The summed E-state index contributed by atoms with van der Waals surface area (Å²) < 4.78 is 4.61. The normalized spacial score (nSPS) is 19.1. The average molecular weight is 449 g/mol. The monoisotopic (exact) mass is 448 g/mol. The molecule has 2 nitrogen and oxygen atoms in total. The highest BCUT2D eigenvalue weighted by Gasteiger charge is 2.45. The van der Waals surface area contributed by atoms with Crippen LogP contribution >= 0.6 is 0 Å². The third-order valence-corrected chi connectivity index (χ3v) is 8.65. The first-order chi connectivity index (χ1) is 15.9. The molecule has 0 unspecified atom stereocenters. The Morgan fingerprint density at radius 3 is 2.15 bits per heavy atom. The Morgan fingerprint density at radius 2 is 1.44 bits per heavy atom. The topological polar surface area (TPSA) is 8.81 Å². The molecule has 4 aromatic rings. The summed E-state index contributed by atoms with van der Waals surface area (Å²) in [4.78, 5) is 0. The minimum absolute atomic E-state index is 0.0899. The Morgan fingerprint density at radius 1 is 0.765 bits per heavy atom. The number of fused-ring (bicyclic) bond motifs is 4. The molecule has 2 heteroatoms. The molecule has 0 amide bonds. The van der Waals surface area contributed by atoms with Gasteiger partial charge in [-0.3, -0.25) is 9.13 Å². The molecule has 3 aromatic carbocycles. The van der Waals surface area contributed by atoms with Gasteiger partial charge in [0, 0.05) is 5.41 Å². The third-order valence-electron chi connectivity index (χ3n) is 8.65. The fraction of sp³-hybridized carbons (Fsp3) is 0.406.